The molecule has 2 rings (SSSR count). The summed E-state index contributed by atoms with van der Waals surface area (Å²) in [6.07, 6.45) is 2.48. The number of urea groups is 1. The third-order valence-electron chi connectivity index (χ3n) is 3.52. The molecule has 1 aromatic heterocycles. The summed E-state index contributed by atoms with van der Waals surface area (Å²) in [4.78, 5) is 18.4. The van der Waals surface area contributed by atoms with E-state index in [1.165, 1.54) is 0 Å². The molecular formula is C19H26N4O2. The minimum absolute atomic E-state index is 0.00738. The van der Waals surface area contributed by atoms with Crippen LogP contribution in [0.1, 0.15) is 20.3 Å². The molecule has 134 valence electrons. The van der Waals surface area contributed by atoms with Gasteiger partial charge in [-0.25, -0.2) is 9.78 Å². The van der Waals surface area contributed by atoms with Crippen molar-refractivity contribution in [1.82, 2.24) is 10.3 Å². The average Bonchev–Trinajstić information content (AvgIpc) is 2.60. The van der Waals surface area contributed by atoms with Crippen molar-refractivity contribution in [2.24, 2.45) is 0 Å². The molecule has 0 saturated heterocycles. The normalized spacial score (nSPS) is 10.4. The zero-order valence-corrected chi connectivity index (χ0v) is 15.0. The molecule has 6 heteroatoms. The van der Waals surface area contributed by atoms with E-state index in [0.29, 0.717) is 18.1 Å². The van der Waals surface area contributed by atoms with Crippen LogP contribution in [0.25, 0.3) is 0 Å². The number of hydrogen-bond acceptors (Lipinski definition) is 4. The number of para-hydroxylation sites is 1. The van der Waals surface area contributed by atoms with Crippen molar-refractivity contribution in [3.8, 4) is 5.88 Å². The molecule has 0 saturated carbocycles. The zero-order valence-electron chi connectivity index (χ0n) is 15.0. The number of carbonyl (C=O) groups is 1. The van der Waals surface area contributed by atoms with Crippen LogP contribution in [0.2, 0.25) is 0 Å². The second kappa shape index (κ2) is 9.52. The summed E-state index contributed by atoms with van der Waals surface area (Å²) in [5, 5.41) is 5.64. The molecule has 2 amide bonds. The fourth-order valence-electron chi connectivity index (χ4n) is 2.30. The lowest BCUT2D eigenvalue weighted by molar-refractivity contribution is 0.233. The van der Waals surface area contributed by atoms with E-state index in [9.17, 15) is 4.79 Å². The maximum Gasteiger partial charge on any atom is 0.319 e. The number of anilines is 2. The minimum atomic E-state index is -0.260. The topological polar surface area (TPSA) is 66.5 Å². The summed E-state index contributed by atoms with van der Waals surface area (Å²) >= 11 is 0. The van der Waals surface area contributed by atoms with E-state index in [-0.39, 0.29) is 12.1 Å². The Morgan fingerprint density at radius 1 is 1.20 bits per heavy atom. The molecule has 0 unspecified atom stereocenters. The van der Waals surface area contributed by atoms with Crippen molar-refractivity contribution in [3.63, 3.8) is 0 Å². The summed E-state index contributed by atoms with van der Waals surface area (Å²) < 4.78 is 5.59. The Bertz CT molecular complexity index is 661. The van der Waals surface area contributed by atoms with Gasteiger partial charge < -0.3 is 20.3 Å². The molecule has 25 heavy (non-hydrogen) atoms. The smallest absolute Gasteiger partial charge is 0.319 e. The lowest BCUT2D eigenvalue weighted by Crippen LogP contribution is -2.32. The fraction of sp³-hybridized carbons (Fsp3) is 0.368. The molecule has 0 atom stereocenters. The molecule has 2 N–H and O–H groups in total. The van der Waals surface area contributed by atoms with Gasteiger partial charge in [-0.3, -0.25) is 0 Å². The van der Waals surface area contributed by atoms with Crippen molar-refractivity contribution in [1.29, 1.82) is 0 Å². The Morgan fingerprint density at radius 3 is 2.68 bits per heavy atom. The maximum atomic E-state index is 12.0. The first-order valence-corrected chi connectivity index (χ1v) is 8.49. The van der Waals surface area contributed by atoms with Gasteiger partial charge in [-0.1, -0.05) is 18.2 Å². The van der Waals surface area contributed by atoms with E-state index in [2.05, 4.69) is 32.7 Å². The van der Waals surface area contributed by atoms with Crippen LogP contribution in [-0.2, 0) is 0 Å². The maximum absolute atomic E-state index is 12.0. The molecule has 0 aliphatic rings. The Kier molecular flexibility index (Phi) is 7.07. The third kappa shape index (κ3) is 6.33. The van der Waals surface area contributed by atoms with Crippen molar-refractivity contribution < 1.29 is 9.53 Å². The number of nitrogens with zero attached hydrogens (tertiary/aromatic N) is 2. The Morgan fingerprint density at radius 2 is 1.96 bits per heavy atom. The van der Waals surface area contributed by atoms with Gasteiger partial charge in [0.1, 0.15) is 5.69 Å². The van der Waals surface area contributed by atoms with Gasteiger partial charge in [0.15, 0.2) is 0 Å². The highest BCUT2D eigenvalue weighted by molar-refractivity contribution is 5.90. The number of aromatic nitrogens is 1. The molecule has 0 aliphatic heterocycles. The Balaban J connectivity index is 1.74. The molecular weight excluding hydrogens is 316 g/mol. The van der Waals surface area contributed by atoms with Crippen LogP contribution in [-0.4, -0.2) is 37.3 Å². The lowest BCUT2D eigenvalue weighted by atomic mass is 10.3. The number of benzene rings is 1. The molecule has 1 aromatic carbocycles. The number of rotatable bonds is 8. The average molecular weight is 342 g/mol. The molecule has 0 spiro atoms. The van der Waals surface area contributed by atoms with Gasteiger partial charge in [0.05, 0.1) is 6.10 Å². The monoisotopic (exact) mass is 342 g/mol. The van der Waals surface area contributed by atoms with E-state index < -0.39 is 0 Å². The van der Waals surface area contributed by atoms with Crippen molar-refractivity contribution in [2.45, 2.75) is 26.4 Å². The number of hydrogen-bond donors (Lipinski definition) is 2. The zero-order chi connectivity index (χ0) is 18.1. The van der Waals surface area contributed by atoms with Gasteiger partial charge in [-0.05, 0) is 44.5 Å². The standard InChI is InChI=1S/C19H26N4O2/c1-15(2)25-18-17(11-7-12-20-18)22-19(24)21-13-8-14-23(3)16-9-5-4-6-10-16/h4-7,9-12,15H,8,13-14H2,1-3H3,(H2,21,22,24). The van der Waals surface area contributed by atoms with Gasteiger partial charge in [0.25, 0.3) is 0 Å². The number of nitrogens with one attached hydrogen (secondary N) is 2. The second-order valence-corrected chi connectivity index (χ2v) is 6.01. The molecule has 2 aromatic rings. The van der Waals surface area contributed by atoms with Gasteiger partial charge in [0.2, 0.25) is 5.88 Å². The molecule has 0 aliphatic carbocycles. The lowest BCUT2D eigenvalue weighted by Gasteiger charge is -2.19. The summed E-state index contributed by atoms with van der Waals surface area (Å²) in [5.74, 6) is 0.427. The first-order chi connectivity index (χ1) is 12.1. The first-order valence-electron chi connectivity index (χ1n) is 8.49. The number of amides is 2. The molecule has 1 heterocycles. The Labute approximate surface area is 149 Å². The summed E-state index contributed by atoms with van der Waals surface area (Å²) in [7, 11) is 2.04. The Hall–Kier alpha value is -2.76. The third-order valence-corrected chi connectivity index (χ3v) is 3.52. The highest BCUT2D eigenvalue weighted by Crippen LogP contribution is 2.21. The number of carbonyl (C=O) groups excluding carboxylic acids is 1. The van der Waals surface area contributed by atoms with Gasteiger partial charge in [0, 0.05) is 32.0 Å². The van der Waals surface area contributed by atoms with E-state index in [1.807, 2.05) is 39.1 Å². The highest BCUT2D eigenvalue weighted by Gasteiger charge is 2.09. The number of ether oxygens (including phenoxy) is 1. The predicted molar refractivity (Wildman–Crippen MR) is 101 cm³/mol. The van der Waals surface area contributed by atoms with Gasteiger partial charge in [-0.15, -0.1) is 0 Å². The van der Waals surface area contributed by atoms with E-state index in [4.69, 9.17) is 4.74 Å². The van der Waals surface area contributed by atoms with Crippen molar-refractivity contribution in [3.05, 3.63) is 48.7 Å². The predicted octanol–water partition coefficient (Wildman–Crippen LogP) is 3.52. The summed E-state index contributed by atoms with van der Waals surface area (Å²) in [5.41, 5.74) is 1.73. The summed E-state index contributed by atoms with van der Waals surface area (Å²) in [6, 6.07) is 13.4. The molecule has 0 fully saturated rings. The SMILES string of the molecule is CC(C)Oc1ncccc1NC(=O)NCCCN(C)c1ccccc1. The second-order valence-electron chi connectivity index (χ2n) is 6.01. The fourth-order valence-corrected chi connectivity index (χ4v) is 2.30. The van der Waals surface area contributed by atoms with Crippen LogP contribution in [0.4, 0.5) is 16.2 Å². The first kappa shape index (κ1) is 18.6. The largest absolute Gasteiger partial charge is 0.473 e. The quantitative estimate of drug-likeness (QED) is 0.721. The van der Waals surface area contributed by atoms with Gasteiger partial charge in [-0.2, -0.15) is 0 Å². The minimum Gasteiger partial charge on any atom is -0.473 e. The van der Waals surface area contributed by atoms with Crippen LogP contribution in [0, 0.1) is 0 Å². The van der Waals surface area contributed by atoms with Gasteiger partial charge >= 0.3 is 6.03 Å². The molecule has 0 radical (unpaired) electrons. The van der Waals surface area contributed by atoms with E-state index in [1.54, 1.807) is 18.3 Å². The van der Waals surface area contributed by atoms with E-state index >= 15 is 0 Å². The molecule has 0 bridgehead atoms. The van der Waals surface area contributed by atoms with Crippen LogP contribution < -0.4 is 20.3 Å². The van der Waals surface area contributed by atoms with Crippen LogP contribution >= 0.6 is 0 Å². The summed E-state index contributed by atoms with van der Waals surface area (Å²) in [6.45, 7) is 5.28. The highest BCUT2D eigenvalue weighted by atomic mass is 16.5. The number of pyridine rings is 1. The molecule has 6 nitrogen and oxygen atoms in total. The van der Waals surface area contributed by atoms with E-state index in [0.717, 1.165) is 18.7 Å². The van der Waals surface area contributed by atoms with Crippen LogP contribution in [0.15, 0.2) is 48.7 Å². The van der Waals surface area contributed by atoms with Crippen LogP contribution in [0.3, 0.4) is 0 Å². The van der Waals surface area contributed by atoms with Crippen LogP contribution in [0.5, 0.6) is 5.88 Å². The van der Waals surface area contributed by atoms with Crippen molar-refractivity contribution in [2.75, 3.05) is 30.4 Å². The van der Waals surface area contributed by atoms with Crippen molar-refractivity contribution >= 4 is 17.4 Å².